The maximum Gasteiger partial charge on any atom is 0.243 e. The van der Waals surface area contributed by atoms with Gasteiger partial charge in [-0.25, -0.2) is 8.42 Å². The molecule has 1 saturated heterocycles. The number of carbonyl (C=O) groups is 1. The van der Waals surface area contributed by atoms with Crippen LogP contribution in [0.2, 0.25) is 0 Å². The second-order valence-corrected chi connectivity index (χ2v) is 8.11. The number of aryl methyl sites for hydroxylation is 2. The van der Waals surface area contributed by atoms with Gasteiger partial charge in [0.05, 0.1) is 11.4 Å². The summed E-state index contributed by atoms with van der Waals surface area (Å²) in [4.78, 5) is 13.3. The van der Waals surface area contributed by atoms with E-state index in [1.165, 1.54) is 4.31 Å². The summed E-state index contributed by atoms with van der Waals surface area (Å²) in [6.07, 6.45) is 0. The van der Waals surface area contributed by atoms with Crippen LogP contribution in [0.3, 0.4) is 0 Å². The fourth-order valence-corrected chi connectivity index (χ4v) is 5.04. The molecule has 23 heavy (non-hydrogen) atoms. The molecule has 0 unspecified atom stereocenters. The zero-order valence-electron chi connectivity index (χ0n) is 14.2. The second-order valence-electron chi connectivity index (χ2n) is 6.24. The number of primary amides is 1. The molecule has 1 amide bonds. The van der Waals surface area contributed by atoms with Crippen molar-refractivity contribution in [1.29, 1.82) is 0 Å². The quantitative estimate of drug-likeness (QED) is 0.876. The Kier molecular flexibility index (Phi) is 5.13. The van der Waals surface area contributed by atoms with E-state index in [1.54, 1.807) is 0 Å². The number of piperazine rings is 1. The van der Waals surface area contributed by atoms with Crippen molar-refractivity contribution in [3.05, 3.63) is 28.3 Å². The number of nitrogens with two attached hydrogens (primary N) is 1. The van der Waals surface area contributed by atoms with Crippen molar-refractivity contribution < 1.29 is 13.2 Å². The van der Waals surface area contributed by atoms with Gasteiger partial charge in [0.25, 0.3) is 0 Å². The first-order chi connectivity index (χ1) is 10.6. The van der Waals surface area contributed by atoms with Crippen LogP contribution in [0.4, 0.5) is 0 Å². The Labute approximate surface area is 138 Å². The van der Waals surface area contributed by atoms with Crippen LogP contribution in [0.25, 0.3) is 0 Å². The van der Waals surface area contributed by atoms with Gasteiger partial charge in [-0.15, -0.1) is 0 Å². The number of hydrogen-bond donors (Lipinski definition) is 1. The maximum atomic E-state index is 13.1. The van der Waals surface area contributed by atoms with Gasteiger partial charge in [0.1, 0.15) is 0 Å². The van der Waals surface area contributed by atoms with Crippen molar-refractivity contribution >= 4 is 15.9 Å². The van der Waals surface area contributed by atoms with Gasteiger partial charge in [0.15, 0.2) is 0 Å². The molecule has 0 aliphatic carbocycles. The summed E-state index contributed by atoms with van der Waals surface area (Å²) < 4.78 is 27.7. The Morgan fingerprint density at radius 1 is 1.04 bits per heavy atom. The summed E-state index contributed by atoms with van der Waals surface area (Å²) in [5, 5.41) is 0. The Bertz CT molecular complexity index is 694. The van der Waals surface area contributed by atoms with Crippen molar-refractivity contribution in [1.82, 2.24) is 9.21 Å². The molecule has 0 bridgehead atoms. The molecule has 1 aliphatic rings. The van der Waals surface area contributed by atoms with Crippen LogP contribution in [-0.2, 0) is 14.8 Å². The van der Waals surface area contributed by atoms with E-state index < -0.39 is 10.0 Å². The molecular formula is C16H25N3O3S. The SMILES string of the molecule is Cc1cc(C)c(C)c(S(=O)(=O)N2CCN(CC(N)=O)CC2)c1C. The predicted octanol–water partition coefficient (Wildman–Crippen LogP) is 0.712. The van der Waals surface area contributed by atoms with Crippen molar-refractivity contribution in [2.45, 2.75) is 32.6 Å². The van der Waals surface area contributed by atoms with E-state index in [9.17, 15) is 13.2 Å². The Morgan fingerprint density at radius 2 is 1.52 bits per heavy atom. The van der Waals surface area contributed by atoms with Crippen LogP contribution in [-0.4, -0.2) is 56.3 Å². The highest BCUT2D eigenvalue weighted by Crippen LogP contribution is 2.29. The average Bonchev–Trinajstić information content (AvgIpc) is 2.45. The summed E-state index contributed by atoms with van der Waals surface area (Å²) in [7, 11) is -3.53. The average molecular weight is 339 g/mol. The van der Waals surface area contributed by atoms with Crippen LogP contribution in [0, 0.1) is 27.7 Å². The smallest absolute Gasteiger partial charge is 0.243 e. The molecule has 1 fully saturated rings. The van der Waals surface area contributed by atoms with Crippen LogP contribution >= 0.6 is 0 Å². The fourth-order valence-electron chi connectivity index (χ4n) is 3.05. The van der Waals surface area contributed by atoms with E-state index in [2.05, 4.69) is 0 Å². The van der Waals surface area contributed by atoms with Crippen molar-refractivity contribution in [3.8, 4) is 0 Å². The highest BCUT2D eigenvalue weighted by molar-refractivity contribution is 7.89. The molecule has 0 aromatic heterocycles. The first kappa shape index (κ1) is 17.9. The molecule has 6 nitrogen and oxygen atoms in total. The van der Waals surface area contributed by atoms with E-state index in [0.29, 0.717) is 31.1 Å². The van der Waals surface area contributed by atoms with Gasteiger partial charge in [-0.05, 0) is 49.9 Å². The number of amides is 1. The van der Waals surface area contributed by atoms with E-state index in [1.807, 2.05) is 38.7 Å². The molecule has 1 heterocycles. The molecule has 0 atom stereocenters. The molecule has 0 saturated carbocycles. The van der Waals surface area contributed by atoms with E-state index in [-0.39, 0.29) is 12.5 Å². The summed E-state index contributed by atoms with van der Waals surface area (Å²) >= 11 is 0. The van der Waals surface area contributed by atoms with Crippen LogP contribution < -0.4 is 5.73 Å². The third-order valence-corrected chi connectivity index (χ3v) is 6.78. The molecule has 1 aromatic rings. The van der Waals surface area contributed by atoms with Gasteiger partial charge in [-0.3, -0.25) is 9.69 Å². The van der Waals surface area contributed by atoms with Crippen molar-refractivity contribution in [3.63, 3.8) is 0 Å². The number of carbonyl (C=O) groups excluding carboxylic acids is 1. The molecule has 7 heteroatoms. The summed E-state index contributed by atoms with van der Waals surface area (Å²) in [6.45, 7) is 9.56. The van der Waals surface area contributed by atoms with E-state index >= 15 is 0 Å². The zero-order chi connectivity index (χ0) is 17.4. The summed E-state index contributed by atoms with van der Waals surface area (Å²) in [5.41, 5.74) is 8.79. The van der Waals surface area contributed by atoms with Crippen LogP contribution in [0.15, 0.2) is 11.0 Å². The molecule has 2 N–H and O–H groups in total. The Balaban J connectivity index is 2.29. The molecule has 2 rings (SSSR count). The van der Waals surface area contributed by atoms with Gasteiger partial charge in [0, 0.05) is 26.2 Å². The minimum atomic E-state index is -3.53. The Morgan fingerprint density at radius 3 is 1.96 bits per heavy atom. The molecule has 1 aromatic carbocycles. The normalized spacial score (nSPS) is 17.4. The lowest BCUT2D eigenvalue weighted by molar-refractivity contribution is -0.119. The van der Waals surface area contributed by atoms with Crippen molar-refractivity contribution in [2.24, 2.45) is 5.73 Å². The second kappa shape index (κ2) is 6.59. The van der Waals surface area contributed by atoms with Crippen LogP contribution in [0.5, 0.6) is 0 Å². The molecule has 0 radical (unpaired) electrons. The lowest BCUT2D eigenvalue weighted by Gasteiger charge is -2.34. The topological polar surface area (TPSA) is 83.7 Å². The Hall–Kier alpha value is -1.44. The van der Waals surface area contributed by atoms with E-state index in [0.717, 1.165) is 22.3 Å². The lowest BCUT2D eigenvalue weighted by Crippen LogP contribution is -2.50. The monoisotopic (exact) mass is 339 g/mol. The number of nitrogens with zero attached hydrogens (tertiary/aromatic N) is 2. The number of benzene rings is 1. The van der Waals surface area contributed by atoms with Gasteiger partial charge < -0.3 is 5.73 Å². The molecular weight excluding hydrogens is 314 g/mol. The molecule has 1 aliphatic heterocycles. The standard InChI is InChI=1S/C16H25N3O3S/c1-11-9-12(2)14(4)16(13(11)3)23(21,22)19-7-5-18(6-8-19)10-15(17)20/h9H,5-8,10H2,1-4H3,(H2,17,20). The zero-order valence-corrected chi connectivity index (χ0v) is 15.0. The van der Waals surface area contributed by atoms with Crippen LogP contribution in [0.1, 0.15) is 22.3 Å². The summed E-state index contributed by atoms with van der Waals surface area (Å²) in [5.74, 6) is -0.387. The minimum Gasteiger partial charge on any atom is -0.369 e. The predicted molar refractivity (Wildman–Crippen MR) is 89.8 cm³/mol. The van der Waals surface area contributed by atoms with Gasteiger partial charge in [-0.1, -0.05) is 6.07 Å². The fraction of sp³-hybridized carbons (Fsp3) is 0.562. The number of hydrogen-bond acceptors (Lipinski definition) is 4. The molecule has 0 spiro atoms. The third-order valence-electron chi connectivity index (χ3n) is 4.61. The maximum absolute atomic E-state index is 13.1. The number of rotatable bonds is 4. The lowest BCUT2D eigenvalue weighted by atomic mass is 10.0. The number of sulfonamides is 1. The third kappa shape index (κ3) is 3.57. The largest absolute Gasteiger partial charge is 0.369 e. The van der Waals surface area contributed by atoms with Gasteiger partial charge in [0.2, 0.25) is 15.9 Å². The molecule has 128 valence electrons. The van der Waals surface area contributed by atoms with Gasteiger partial charge >= 0.3 is 0 Å². The first-order valence-electron chi connectivity index (χ1n) is 7.72. The van der Waals surface area contributed by atoms with Crippen molar-refractivity contribution in [2.75, 3.05) is 32.7 Å². The first-order valence-corrected chi connectivity index (χ1v) is 9.16. The van der Waals surface area contributed by atoms with E-state index in [4.69, 9.17) is 5.73 Å². The van der Waals surface area contributed by atoms with Gasteiger partial charge in [-0.2, -0.15) is 4.31 Å². The highest BCUT2D eigenvalue weighted by atomic mass is 32.2. The minimum absolute atomic E-state index is 0.176. The summed E-state index contributed by atoms with van der Waals surface area (Å²) in [6, 6.07) is 2.02. The highest BCUT2D eigenvalue weighted by Gasteiger charge is 2.31.